The summed E-state index contributed by atoms with van der Waals surface area (Å²) in [7, 11) is 0. The zero-order chi connectivity index (χ0) is 12.7. The van der Waals surface area contributed by atoms with Crippen molar-refractivity contribution in [2.75, 3.05) is 6.61 Å². The molecule has 6 heteroatoms. The number of alkyl halides is 2. The van der Waals surface area contributed by atoms with Gasteiger partial charge >= 0.3 is 12.6 Å². The number of benzene rings is 1. The van der Waals surface area contributed by atoms with Crippen LogP contribution in [0.15, 0.2) is 30.3 Å². The summed E-state index contributed by atoms with van der Waals surface area (Å²) in [5, 5.41) is 11.4. The van der Waals surface area contributed by atoms with Gasteiger partial charge in [-0.15, -0.1) is 0 Å². The second-order valence-corrected chi connectivity index (χ2v) is 3.35. The molecular formula is C11H13F2NO3. The quantitative estimate of drug-likeness (QED) is 0.763. The van der Waals surface area contributed by atoms with Crippen LogP contribution in [0.5, 0.6) is 0 Å². The highest BCUT2D eigenvalue weighted by atomic mass is 19.3. The summed E-state index contributed by atoms with van der Waals surface area (Å²) in [5.41, 5.74) is 0.871. The molecule has 17 heavy (non-hydrogen) atoms. The number of rotatable bonds is 7. The van der Waals surface area contributed by atoms with E-state index in [4.69, 9.17) is 5.11 Å². The number of halogens is 2. The molecule has 0 saturated heterocycles. The molecule has 1 rings (SSSR count). The highest BCUT2D eigenvalue weighted by molar-refractivity contribution is 5.73. The Labute approximate surface area is 97.2 Å². The lowest BCUT2D eigenvalue weighted by Crippen LogP contribution is -2.40. The van der Waals surface area contributed by atoms with E-state index in [9.17, 15) is 13.6 Å². The van der Waals surface area contributed by atoms with Crippen LogP contribution in [-0.4, -0.2) is 30.3 Å². The molecule has 0 aromatic heterocycles. The second-order valence-electron chi connectivity index (χ2n) is 3.35. The molecule has 0 heterocycles. The van der Waals surface area contributed by atoms with Gasteiger partial charge in [0, 0.05) is 6.54 Å². The van der Waals surface area contributed by atoms with Gasteiger partial charge in [-0.2, -0.15) is 8.78 Å². The van der Waals surface area contributed by atoms with E-state index in [1.807, 2.05) is 18.2 Å². The second kappa shape index (κ2) is 6.93. The molecule has 0 aliphatic heterocycles. The fraction of sp³-hybridized carbons (Fsp3) is 0.364. The molecule has 0 radical (unpaired) electrons. The highest BCUT2D eigenvalue weighted by Gasteiger charge is 2.18. The molecule has 0 aliphatic rings. The van der Waals surface area contributed by atoms with Gasteiger partial charge in [0.15, 0.2) is 0 Å². The number of hydrogen-bond acceptors (Lipinski definition) is 3. The smallest absolute Gasteiger partial charge is 0.345 e. The van der Waals surface area contributed by atoms with E-state index in [0.29, 0.717) is 0 Å². The molecular weight excluding hydrogens is 232 g/mol. The minimum Gasteiger partial charge on any atom is -0.480 e. The number of nitrogens with one attached hydrogen (secondary N) is 1. The first-order valence-electron chi connectivity index (χ1n) is 4.99. The normalized spacial score (nSPS) is 12.6. The van der Waals surface area contributed by atoms with Gasteiger partial charge in [-0.1, -0.05) is 30.3 Å². The Morgan fingerprint density at radius 3 is 2.53 bits per heavy atom. The Bertz CT molecular complexity index is 346. The van der Waals surface area contributed by atoms with Crippen LogP contribution < -0.4 is 5.32 Å². The van der Waals surface area contributed by atoms with E-state index >= 15 is 0 Å². The van der Waals surface area contributed by atoms with E-state index in [1.54, 1.807) is 12.1 Å². The Balaban J connectivity index is 2.42. The van der Waals surface area contributed by atoms with Crippen molar-refractivity contribution in [1.29, 1.82) is 0 Å². The largest absolute Gasteiger partial charge is 0.480 e. The minimum absolute atomic E-state index is 0.282. The predicted molar refractivity (Wildman–Crippen MR) is 56.7 cm³/mol. The molecule has 1 aromatic rings. The maximum atomic E-state index is 11.8. The third kappa shape index (κ3) is 5.37. The van der Waals surface area contributed by atoms with Crippen molar-refractivity contribution >= 4 is 5.97 Å². The third-order valence-electron chi connectivity index (χ3n) is 2.08. The SMILES string of the molecule is O=C(O)[C@H](COC(F)F)NCc1ccccc1. The molecule has 1 aromatic carbocycles. The van der Waals surface area contributed by atoms with Crippen molar-refractivity contribution in [2.24, 2.45) is 0 Å². The van der Waals surface area contributed by atoms with Crippen molar-refractivity contribution in [3.05, 3.63) is 35.9 Å². The van der Waals surface area contributed by atoms with Crippen LogP contribution in [0.3, 0.4) is 0 Å². The van der Waals surface area contributed by atoms with Crippen molar-refractivity contribution in [2.45, 2.75) is 19.2 Å². The molecule has 94 valence electrons. The van der Waals surface area contributed by atoms with Gasteiger partial charge in [0.25, 0.3) is 0 Å². The van der Waals surface area contributed by atoms with Crippen LogP contribution >= 0.6 is 0 Å². The first kappa shape index (κ1) is 13.5. The number of carboxylic acid groups (broad SMARTS) is 1. The zero-order valence-electron chi connectivity index (χ0n) is 8.98. The lowest BCUT2D eigenvalue weighted by molar-refractivity contribution is -0.153. The molecule has 0 spiro atoms. The maximum Gasteiger partial charge on any atom is 0.345 e. The topological polar surface area (TPSA) is 58.6 Å². The van der Waals surface area contributed by atoms with Gasteiger partial charge in [0.05, 0.1) is 6.61 Å². The number of hydrogen-bond donors (Lipinski definition) is 2. The van der Waals surface area contributed by atoms with Crippen LogP contribution in [0.2, 0.25) is 0 Å². The summed E-state index contributed by atoms with van der Waals surface area (Å²) < 4.78 is 27.5. The van der Waals surface area contributed by atoms with Gasteiger partial charge in [-0.25, -0.2) is 0 Å². The lowest BCUT2D eigenvalue weighted by Gasteiger charge is -2.14. The van der Waals surface area contributed by atoms with Crippen LogP contribution in [-0.2, 0) is 16.1 Å². The van der Waals surface area contributed by atoms with E-state index in [1.165, 1.54) is 0 Å². The highest BCUT2D eigenvalue weighted by Crippen LogP contribution is 2.01. The first-order valence-corrected chi connectivity index (χ1v) is 4.99. The molecule has 2 N–H and O–H groups in total. The van der Waals surface area contributed by atoms with Crippen molar-refractivity contribution in [1.82, 2.24) is 5.32 Å². The summed E-state index contributed by atoms with van der Waals surface area (Å²) >= 11 is 0. The summed E-state index contributed by atoms with van der Waals surface area (Å²) in [6.07, 6.45) is 0. The van der Waals surface area contributed by atoms with Crippen LogP contribution in [0.4, 0.5) is 8.78 Å². The van der Waals surface area contributed by atoms with Crippen molar-refractivity contribution in [3.63, 3.8) is 0 Å². The van der Waals surface area contributed by atoms with Gasteiger partial charge in [-0.05, 0) is 5.56 Å². The monoisotopic (exact) mass is 245 g/mol. The summed E-state index contributed by atoms with van der Waals surface area (Å²) in [6, 6.07) is 7.91. The van der Waals surface area contributed by atoms with E-state index in [2.05, 4.69) is 10.1 Å². The third-order valence-corrected chi connectivity index (χ3v) is 2.08. The number of aliphatic carboxylic acids is 1. The van der Waals surface area contributed by atoms with E-state index in [0.717, 1.165) is 5.56 Å². The molecule has 0 fully saturated rings. The average Bonchev–Trinajstić information content (AvgIpc) is 2.29. The predicted octanol–water partition coefficient (Wildman–Crippen LogP) is 1.47. The van der Waals surface area contributed by atoms with E-state index in [-0.39, 0.29) is 6.54 Å². The number of carboxylic acids is 1. The Morgan fingerprint density at radius 2 is 2.00 bits per heavy atom. The Kier molecular flexibility index (Phi) is 5.51. The minimum atomic E-state index is -2.96. The molecule has 0 aliphatic carbocycles. The maximum absolute atomic E-state index is 11.8. The van der Waals surface area contributed by atoms with Crippen LogP contribution in [0.25, 0.3) is 0 Å². The van der Waals surface area contributed by atoms with Gasteiger partial charge in [-0.3, -0.25) is 10.1 Å². The van der Waals surface area contributed by atoms with Gasteiger partial charge in [0.2, 0.25) is 0 Å². The van der Waals surface area contributed by atoms with Crippen molar-refractivity contribution < 1.29 is 23.4 Å². The standard InChI is InChI=1S/C11H13F2NO3/c12-11(13)17-7-9(10(15)16)14-6-8-4-2-1-3-5-8/h1-5,9,11,14H,6-7H2,(H,15,16)/t9-/m0/s1. The first-order chi connectivity index (χ1) is 8.09. The fourth-order valence-electron chi connectivity index (χ4n) is 1.22. The van der Waals surface area contributed by atoms with Crippen LogP contribution in [0, 0.1) is 0 Å². The molecule has 0 saturated carbocycles. The number of ether oxygens (including phenoxy) is 1. The molecule has 0 unspecified atom stereocenters. The Hall–Kier alpha value is -1.53. The van der Waals surface area contributed by atoms with E-state index < -0.39 is 25.2 Å². The summed E-state index contributed by atoms with van der Waals surface area (Å²) in [6.45, 7) is -3.25. The zero-order valence-corrected chi connectivity index (χ0v) is 8.98. The fourth-order valence-corrected chi connectivity index (χ4v) is 1.22. The summed E-state index contributed by atoms with van der Waals surface area (Å²) in [4.78, 5) is 10.7. The Morgan fingerprint density at radius 1 is 1.35 bits per heavy atom. The molecule has 0 amide bonds. The van der Waals surface area contributed by atoms with Crippen molar-refractivity contribution in [3.8, 4) is 0 Å². The summed E-state index contributed by atoms with van der Waals surface area (Å²) in [5.74, 6) is -1.22. The van der Waals surface area contributed by atoms with Gasteiger partial charge < -0.3 is 9.84 Å². The molecule has 0 bridgehead atoms. The van der Waals surface area contributed by atoms with Crippen LogP contribution in [0.1, 0.15) is 5.56 Å². The molecule has 4 nitrogen and oxygen atoms in total. The average molecular weight is 245 g/mol. The molecule has 1 atom stereocenters. The number of carbonyl (C=O) groups is 1. The van der Waals surface area contributed by atoms with Gasteiger partial charge in [0.1, 0.15) is 6.04 Å². The lowest BCUT2D eigenvalue weighted by atomic mass is 10.2.